The summed E-state index contributed by atoms with van der Waals surface area (Å²) in [5.41, 5.74) is 0.514. The number of ether oxygens (including phenoxy) is 2. The molecule has 6 atom stereocenters. The number of rotatable bonds is 3. The van der Waals surface area contributed by atoms with Crippen LogP contribution in [0.5, 0.6) is 0 Å². The monoisotopic (exact) mass is 318 g/mol. The highest BCUT2D eigenvalue weighted by Crippen LogP contribution is 2.58. The molecule has 2 aliphatic heterocycles. The summed E-state index contributed by atoms with van der Waals surface area (Å²) in [7, 11) is 0. The summed E-state index contributed by atoms with van der Waals surface area (Å²) in [6, 6.07) is 0. The first kappa shape index (κ1) is 15.2. The van der Waals surface area contributed by atoms with E-state index in [9.17, 15) is 0 Å². The second-order valence-corrected chi connectivity index (χ2v) is 9.90. The Labute approximate surface area is 141 Å². The van der Waals surface area contributed by atoms with E-state index in [2.05, 4.69) is 13.8 Å². The summed E-state index contributed by atoms with van der Waals surface area (Å²) >= 11 is 0. The Morgan fingerprint density at radius 3 is 1.65 bits per heavy atom. The first-order valence-corrected chi connectivity index (χ1v) is 10.4. The zero-order chi connectivity index (χ0) is 15.7. The fourth-order valence-corrected chi connectivity index (χ4v) is 6.98. The van der Waals surface area contributed by atoms with Gasteiger partial charge in [0.05, 0.1) is 23.4 Å². The van der Waals surface area contributed by atoms with Crippen molar-refractivity contribution < 1.29 is 9.47 Å². The van der Waals surface area contributed by atoms with Gasteiger partial charge in [-0.2, -0.15) is 0 Å². The molecule has 5 fully saturated rings. The predicted molar refractivity (Wildman–Crippen MR) is 91.3 cm³/mol. The normalized spacial score (nSPS) is 54.0. The predicted octanol–water partition coefficient (Wildman–Crippen LogP) is 5.10. The standard InChI is InChI=1S/C21H34O2/c1-20-12-15(8-10-17(20)22-20)19(14-6-4-3-5-7-14)16-9-11-18-21(2,13-16)23-18/h14-19H,3-13H2,1-2H3. The molecule has 0 spiro atoms. The van der Waals surface area contributed by atoms with Gasteiger partial charge < -0.3 is 9.47 Å². The van der Waals surface area contributed by atoms with Gasteiger partial charge in [0.15, 0.2) is 0 Å². The van der Waals surface area contributed by atoms with E-state index in [1.807, 2.05) is 0 Å². The molecule has 0 aromatic carbocycles. The van der Waals surface area contributed by atoms with Crippen LogP contribution in [0.2, 0.25) is 0 Å². The van der Waals surface area contributed by atoms with Crippen molar-refractivity contribution in [2.45, 2.75) is 108 Å². The highest BCUT2D eigenvalue weighted by molar-refractivity contribution is 5.09. The fourth-order valence-electron chi connectivity index (χ4n) is 6.98. The maximum absolute atomic E-state index is 6.04. The topological polar surface area (TPSA) is 25.1 Å². The summed E-state index contributed by atoms with van der Waals surface area (Å²) in [5, 5.41) is 0. The van der Waals surface area contributed by atoms with E-state index in [-0.39, 0.29) is 11.2 Å². The molecule has 3 aliphatic carbocycles. The van der Waals surface area contributed by atoms with Crippen LogP contribution < -0.4 is 0 Å². The number of fused-ring (bicyclic) bond motifs is 2. The molecule has 0 radical (unpaired) electrons. The average molecular weight is 319 g/mol. The van der Waals surface area contributed by atoms with Crippen LogP contribution in [0, 0.1) is 23.7 Å². The van der Waals surface area contributed by atoms with Gasteiger partial charge in [0.25, 0.3) is 0 Å². The van der Waals surface area contributed by atoms with E-state index in [1.165, 1.54) is 70.6 Å². The maximum Gasteiger partial charge on any atom is 0.0923 e. The fraction of sp³-hybridized carbons (Fsp3) is 1.00. The molecule has 3 saturated carbocycles. The maximum atomic E-state index is 6.04. The molecule has 2 nitrogen and oxygen atoms in total. The van der Waals surface area contributed by atoms with E-state index in [1.54, 1.807) is 0 Å². The van der Waals surface area contributed by atoms with Gasteiger partial charge in [-0.05, 0) is 76.0 Å². The largest absolute Gasteiger partial charge is 0.366 e. The van der Waals surface area contributed by atoms with Gasteiger partial charge in [0.1, 0.15) is 0 Å². The van der Waals surface area contributed by atoms with Crippen molar-refractivity contribution in [3.8, 4) is 0 Å². The van der Waals surface area contributed by atoms with Gasteiger partial charge in [-0.1, -0.05) is 32.1 Å². The zero-order valence-corrected chi connectivity index (χ0v) is 15.1. The van der Waals surface area contributed by atoms with Crippen molar-refractivity contribution in [1.82, 2.24) is 0 Å². The van der Waals surface area contributed by atoms with Crippen molar-refractivity contribution in [2.24, 2.45) is 23.7 Å². The molecule has 130 valence electrons. The van der Waals surface area contributed by atoms with Gasteiger partial charge >= 0.3 is 0 Å². The lowest BCUT2D eigenvalue weighted by atomic mass is 9.60. The molecule has 6 unspecified atom stereocenters. The minimum atomic E-state index is 0.257. The van der Waals surface area contributed by atoms with Crippen molar-refractivity contribution in [2.75, 3.05) is 0 Å². The van der Waals surface area contributed by atoms with Crippen molar-refractivity contribution in [3.63, 3.8) is 0 Å². The van der Waals surface area contributed by atoms with E-state index < -0.39 is 0 Å². The average Bonchev–Trinajstić information content (AvgIpc) is 3.40. The molecule has 2 heteroatoms. The molecule has 2 heterocycles. The molecule has 2 saturated heterocycles. The lowest BCUT2D eigenvalue weighted by Crippen LogP contribution is -2.39. The molecule has 0 bridgehead atoms. The van der Waals surface area contributed by atoms with Crippen LogP contribution in [0.3, 0.4) is 0 Å². The second-order valence-electron chi connectivity index (χ2n) is 9.90. The van der Waals surface area contributed by atoms with Gasteiger partial charge in [-0.15, -0.1) is 0 Å². The SMILES string of the molecule is CC12CC(C(C3CCCCC3)C3CCC4OC4(C)C3)CCC1O2. The Balaban J connectivity index is 1.37. The first-order chi connectivity index (χ1) is 11.1. The van der Waals surface area contributed by atoms with Gasteiger partial charge in [0, 0.05) is 0 Å². The lowest BCUT2D eigenvalue weighted by Gasteiger charge is -2.44. The Morgan fingerprint density at radius 2 is 1.17 bits per heavy atom. The summed E-state index contributed by atoms with van der Waals surface area (Å²) in [6.07, 6.45) is 16.8. The third-order valence-corrected chi connectivity index (χ3v) is 8.29. The highest BCUT2D eigenvalue weighted by Gasteiger charge is 2.60. The smallest absolute Gasteiger partial charge is 0.0923 e. The second kappa shape index (κ2) is 5.21. The van der Waals surface area contributed by atoms with E-state index >= 15 is 0 Å². The molecule has 5 aliphatic rings. The Hall–Kier alpha value is -0.0800. The van der Waals surface area contributed by atoms with E-state index in [4.69, 9.17) is 9.47 Å². The van der Waals surface area contributed by atoms with Gasteiger partial charge in [0.2, 0.25) is 0 Å². The summed E-state index contributed by atoms with van der Waals surface area (Å²) < 4.78 is 12.1. The van der Waals surface area contributed by atoms with Crippen LogP contribution in [-0.2, 0) is 9.47 Å². The van der Waals surface area contributed by atoms with Crippen molar-refractivity contribution >= 4 is 0 Å². The molecule has 5 rings (SSSR count). The van der Waals surface area contributed by atoms with Crippen LogP contribution >= 0.6 is 0 Å². The molecular weight excluding hydrogens is 284 g/mol. The van der Waals surface area contributed by atoms with E-state index in [0.717, 1.165) is 23.7 Å². The molecular formula is C21H34O2. The zero-order valence-electron chi connectivity index (χ0n) is 15.1. The van der Waals surface area contributed by atoms with Crippen molar-refractivity contribution in [3.05, 3.63) is 0 Å². The molecule has 23 heavy (non-hydrogen) atoms. The Kier molecular flexibility index (Phi) is 3.44. The third kappa shape index (κ3) is 2.59. The number of hydrogen-bond donors (Lipinski definition) is 0. The number of epoxide rings is 2. The lowest BCUT2D eigenvalue weighted by molar-refractivity contribution is 0.0578. The third-order valence-electron chi connectivity index (χ3n) is 8.29. The van der Waals surface area contributed by atoms with Crippen LogP contribution in [0.15, 0.2) is 0 Å². The van der Waals surface area contributed by atoms with E-state index in [0.29, 0.717) is 12.2 Å². The summed E-state index contributed by atoms with van der Waals surface area (Å²) in [4.78, 5) is 0. The first-order valence-electron chi connectivity index (χ1n) is 10.4. The molecule has 0 aromatic heterocycles. The van der Waals surface area contributed by atoms with Crippen LogP contribution in [0.4, 0.5) is 0 Å². The minimum absolute atomic E-state index is 0.257. The van der Waals surface area contributed by atoms with Crippen LogP contribution in [-0.4, -0.2) is 23.4 Å². The number of hydrogen-bond acceptors (Lipinski definition) is 2. The highest BCUT2D eigenvalue weighted by atomic mass is 16.6. The Bertz CT molecular complexity index is 436. The quantitative estimate of drug-likeness (QED) is 0.676. The van der Waals surface area contributed by atoms with Crippen LogP contribution in [0.25, 0.3) is 0 Å². The Morgan fingerprint density at radius 1 is 0.652 bits per heavy atom. The summed E-state index contributed by atoms with van der Waals surface area (Å²) in [5.74, 6) is 3.80. The van der Waals surface area contributed by atoms with Gasteiger partial charge in [-0.25, -0.2) is 0 Å². The van der Waals surface area contributed by atoms with Crippen LogP contribution in [0.1, 0.15) is 84.5 Å². The summed E-state index contributed by atoms with van der Waals surface area (Å²) in [6.45, 7) is 4.76. The van der Waals surface area contributed by atoms with Gasteiger partial charge in [-0.3, -0.25) is 0 Å². The molecule has 0 amide bonds. The molecule has 0 aromatic rings. The minimum Gasteiger partial charge on any atom is -0.366 e. The molecule has 0 N–H and O–H groups in total. The van der Waals surface area contributed by atoms with Crippen molar-refractivity contribution in [1.29, 1.82) is 0 Å².